The Balaban J connectivity index is 2.64. The van der Waals surface area contributed by atoms with Gasteiger partial charge in [-0.05, 0) is 20.3 Å². The highest BCUT2D eigenvalue weighted by Gasteiger charge is 2.34. The van der Waals surface area contributed by atoms with Gasteiger partial charge in [-0.2, -0.15) is 0 Å². The summed E-state index contributed by atoms with van der Waals surface area (Å²) in [5, 5.41) is 3.34. The summed E-state index contributed by atoms with van der Waals surface area (Å²) in [4.78, 5) is 14.2. The Bertz CT molecular complexity index is 226. The van der Waals surface area contributed by atoms with Crippen LogP contribution in [0.2, 0.25) is 0 Å². The molecule has 1 aliphatic rings. The maximum Gasteiger partial charge on any atom is 0.225 e. The molecule has 1 N–H and O–H groups in total. The molecular formula is C12H24N2O. The van der Waals surface area contributed by atoms with Gasteiger partial charge in [0.1, 0.15) is 0 Å². The number of piperazine rings is 1. The Morgan fingerprint density at radius 2 is 2.20 bits per heavy atom. The van der Waals surface area contributed by atoms with Crippen LogP contribution in [-0.4, -0.2) is 36.0 Å². The number of carbonyl (C=O) groups excluding carboxylic acids is 1. The van der Waals surface area contributed by atoms with Crippen molar-refractivity contribution in [2.45, 2.75) is 46.1 Å². The lowest BCUT2D eigenvalue weighted by atomic mass is 9.96. The van der Waals surface area contributed by atoms with E-state index in [9.17, 15) is 4.79 Å². The van der Waals surface area contributed by atoms with Gasteiger partial charge in [0, 0.05) is 31.1 Å². The molecule has 0 bridgehead atoms. The molecule has 1 saturated heterocycles. The summed E-state index contributed by atoms with van der Waals surface area (Å²) in [7, 11) is 0. The second-order valence-corrected chi connectivity index (χ2v) is 5.17. The first-order valence-electron chi connectivity index (χ1n) is 6.01. The Morgan fingerprint density at radius 1 is 1.53 bits per heavy atom. The number of nitrogens with zero attached hydrogens (tertiary/aromatic N) is 1. The Morgan fingerprint density at radius 3 is 2.73 bits per heavy atom. The van der Waals surface area contributed by atoms with Crippen LogP contribution < -0.4 is 5.32 Å². The summed E-state index contributed by atoms with van der Waals surface area (Å²) in [5.74, 6) is 0.496. The zero-order chi connectivity index (χ0) is 11.5. The molecule has 0 aliphatic carbocycles. The SMILES string of the molecule is CCCC(C)C(=O)N1CCNCC1(C)C. The molecule has 0 saturated carbocycles. The number of amides is 1. The number of carbonyl (C=O) groups is 1. The van der Waals surface area contributed by atoms with Crippen molar-refractivity contribution in [3.8, 4) is 0 Å². The third kappa shape index (κ3) is 2.94. The molecule has 1 aliphatic heterocycles. The van der Waals surface area contributed by atoms with E-state index in [1.807, 2.05) is 11.8 Å². The molecule has 0 spiro atoms. The number of hydrogen-bond donors (Lipinski definition) is 1. The van der Waals surface area contributed by atoms with E-state index in [2.05, 4.69) is 26.1 Å². The van der Waals surface area contributed by atoms with Crippen molar-refractivity contribution in [2.75, 3.05) is 19.6 Å². The topological polar surface area (TPSA) is 32.3 Å². The molecule has 3 nitrogen and oxygen atoms in total. The zero-order valence-electron chi connectivity index (χ0n) is 10.5. The van der Waals surface area contributed by atoms with Gasteiger partial charge in [0.25, 0.3) is 0 Å². The van der Waals surface area contributed by atoms with Crippen LogP contribution in [0.5, 0.6) is 0 Å². The van der Waals surface area contributed by atoms with Crippen LogP contribution in [0.25, 0.3) is 0 Å². The summed E-state index contributed by atoms with van der Waals surface area (Å²) >= 11 is 0. The summed E-state index contributed by atoms with van der Waals surface area (Å²) in [6, 6.07) is 0. The number of hydrogen-bond acceptors (Lipinski definition) is 2. The molecule has 0 aromatic carbocycles. The van der Waals surface area contributed by atoms with E-state index in [4.69, 9.17) is 0 Å². The van der Waals surface area contributed by atoms with Crippen molar-refractivity contribution >= 4 is 5.91 Å². The second-order valence-electron chi connectivity index (χ2n) is 5.17. The largest absolute Gasteiger partial charge is 0.335 e. The molecule has 15 heavy (non-hydrogen) atoms. The van der Waals surface area contributed by atoms with E-state index in [1.165, 1.54) is 0 Å². The third-order valence-electron chi connectivity index (χ3n) is 3.21. The van der Waals surface area contributed by atoms with Crippen molar-refractivity contribution in [2.24, 2.45) is 5.92 Å². The quantitative estimate of drug-likeness (QED) is 0.771. The highest BCUT2D eigenvalue weighted by atomic mass is 16.2. The van der Waals surface area contributed by atoms with Gasteiger partial charge >= 0.3 is 0 Å². The molecular weight excluding hydrogens is 188 g/mol. The van der Waals surface area contributed by atoms with Gasteiger partial charge in [-0.25, -0.2) is 0 Å². The van der Waals surface area contributed by atoms with Crippen LogP contribution in [0.3, 0.4) is 0 Å². The molecule has 1 atom stereocenters. The smallest absolute Gasteiger partial charge is 0.225 e. The first-order chi connectivity index (χ1) is 6.99. The van der Waals surface area contributed by atoms with E-state index in [0.29, 0.717) is 5.91 Å². The van der Waals surface area contributed by atoms with Crippen LogP contribution in [0, 0.1) is 5.92 Å². The molecule has 0 aromatic heterocycles. The molecule has 1 fully saturated rings. The molecule has 0 radical (unpaired) electrons. The minimum absolute atomic E-state index is 0.0304. The zero-order valence-corrected chi connectivity index (χ0v) is 10.5. The highest BCUT2D eigenvalue weighted by molar-refractivity contribution is 5.79. The summed E-state index contributed by atoms with van der Waals surface area (Å²) in [6.07, 6.45) is 2.08. The van der Waals surface area contributed by atoms with Gasteiger partial charge in [0.2, 0.25) is 5.91 Å². The third-order valence-corrected chi connectivity index (χ3v) is 3.21. The molecule has 1 rings (SSSR count). The van der Waals surface area contributed by atoms with Crippen molar-refractivity contribution in [1.29, 1.82) is 0 Å². The predicted octanol–water partition coefficient (Wildman–Crippen LogP) is 1.63. The fraction of sp³-hybridized carbons (Fsp3) is 0.917. The highest BCUT2D eigenvalue weighted by Crippen LogP contribution is 2.20. The Labute approximate surface area is 93.2 Å². The van der Waals surface area contributed by atoms with Gasteiger partial charge in [0.05, 0.1) is 0 Å². The molecule has 88 valence electrons. The van der Waals surface area contributed by atoms with Crippen LogP contribution in [0.4, 0.5) is 0 Å². The number of nitrogens with one attached hydrogen (secondary N) is 1. The molecule has 3 heteroatoms. The van der Waals surface area contributed by atoms with Gasteiger partial charge in [-0.3, -0.25) is 4.79 Å². The monoisotopic (exact) mass is 212 g/mol. The Kier molecular flexibility index (Phi) is 4.14. The summed E-state index contributed by atoms with van der Waals surface area (Å²) in [5.41, 5.74) is -0.0304. The fourth-order valence-electron chi connectivity index (χ4n) is 2.21. The molecule has 1 unspecified atom stereocenters. The van der Waals surface area contributed by atoms with Crippen molar-refractivity contribution in [1.82, 2.24) is 10.2 Å². The molecule has 1 amide bonds. The lowest BCUT2D eigenvalue weighted by Crippen LogP contribution is -2.60. The average Bonchev–Trinajstić information content (AvgIpc) is 2.16. The first kappa shape index (κ1) is 12.5. The molecule has 1 heterocycles. The Hall–Kier alpha value is -0.570. The first-order valence-corrected chi connectivity index (χ1v) is 6.01. The summed E-state index contributed by atoms with van der Waals surface area (Å²) in [6.45, 7) is 11.1. The van der Waals surface area contributed by atoms with Crippen molar-refractivity contribution < 1.29 is 4.79 Å². The van der Waals surface area contributed by atoms with Gasteiger partial charge < -0.3 is 10.2 Å². The minimum Gasteiger partial charge on any atom is -0.335 e. The maximum atomic E-state index is 12.2. The minimum atomic E-state index is -0.0304. The average molecular weight is 212 g/mol. The second kappa shape index (κ2) is 4.97. The molecule has 0 aromatic rings. The van der Waals surface area contributed by atoms with E-state index in [-0.39, 0.29) is 11.5 Å². The van der Waals surface area contributed by atoms with Crippen LogP contribution >= 0.6 is 0 Å². The summed E-state index contributed by atoms with van der Waals surface area (Å²) < 4.78 is 0. The van der Waals surface area contributed by atoms with E-state index in [1.54, 1.807) is 0 Å². The van der Waals surface area contributed by atoms with Gasteiger partial charge in [-0.15, -0.1) is 0 Å². The lowest BCUT2D eigenvalue weighted by molar-refractivity contribution is -0.141. The van der Waals surface area contributed by atoms with Crippen molar-refractivity contribution in [3.05, 3.63) is 0 Å². The normalized spacial score (nSPS) is 22.5. The number of rotatable bonds is 3. The fourth-order valence-corrected chi connectivity index (χ4v) is 2.21. The van der Waals surface area contributed by atoms with E-state index < -0.39 is 0 Å². The van der Waals surface area contributed by atoms with Crippen LogP contribution in [0.1, 0.15) is 40.5 Å². The van der Waals surface area contributed by atoms with Gasteiger partial charge in [0.15, 0.2) is 0 Å². The van der Waals surface area contributed by atoms with Crippen LogP contribution in [-0.2, 0) is 4.79 Å². The standard InChI is InChI=1S/C12H24N2O/c1-5-6-10(2)11(15)14-8-7-13-9-12(14,3)4/h10,13H,5-9H2,1-4H3. The van der Waals surface area contributed by atoms with Crippen LogP contribution in [0.15, 0.2) is 0 Å². The van der Waals surface area contributed by atoms with E-state index in [0.717, 1.165) is 32.5 Å². The van der Waals surface area contributed by atoms with E-state index >= 15 is 0 Å². The predicted molar refractivity (Wildman–Crippen MR) is 62.7 cm³/mol. The maximum absolute atomic E-state index is 12.2. The van der Waals surface area contributed by atoms with Gasteiger partial charge in [-0.1, -0.05) is 20.3 Å². The lowest BCUT2D eigenvalue weighted by Gasteiger charge is -2.44. The van der Waals surface area contributed by atoms with Crippen molar-refractivity contribution in [3.63, 3.8) is 0 Å².